The van der Waals surface area contributed by atoms with E-state index in [0.29, 0.717) is 17.7 Å². The Labute approximate surface area is 88.5 Å². The highest BCUT2D eigenvalue weighted by Crippen LogP contribution is 2.32. The van der Waals surface area contributed by atoms with Crippen LogP contribution in [0, 0.1) is 6.92 Å². The predicted octanol–water partition coefficient (Wildman–Crippen LogP) is 1.39. The van der Waals surface area contributed by atoms with Gasteiger partial charge in [-0.1, -0.05) is 18.2 Å². The van der Waals surface area contributed by atoms with Gasteiger partial charge in [-0.25, -0.2) is 4.79 Å². The van der Waals surface area contributed by atoms with Gasteiger partial charge in [-0.05, 0) is 18.1 Å². The summed E-state index contributed by atoms with van der Waals surface area (Å²) in [5, 5.41) is 0. The first-order chi connectivity index (χ1) is 7.15. The summed E-state index contributed by atoms with van der Waals surface area (Å²) < 4.78 is 4.70. The molecule has 0 bridgehead atoms. The number of methoxy groups -OCH3 is 1. The Morgan fingerprint density at radius 1 is 1.47 bits per heavy atom. The van der Waals surface area contributed by atoms with Gasteiger partial charge in [0.2, 0.25) is 0 Å². The van der Waals surface area contributed by atoms with E-state index >= 15 is 0 Å². The topological polar surface area (TPSA) is 52.3 Å². The van der Waals surface area contributed by atoms with Crippen molar-refractivity contribution in [1.29, 1.82) is 0 Å². The molecule has 2 N–H and O–H groups in total. The van der Waals surface area contributed by atoms with Gasteiger partial charge >= 0.3 is 5.97 Å². The highest BCUT2D eigenvalue weighted by atomic mass is 16.5. The number of hydrogen-bond acceptors (Lipinski definition) is 3. The zero-order chi connectivity index (χ0) is 11.0. The average Bonchev–Trinajstić information content (AvgIpc) is 2.56. The molecule has 2 rings (SSSR count). The maximum atomic E-state index is 11.4. The predicted molar refractivity (Wildman–Crippen MR) is 58.0 cm³/mol. The summed E-state index contributed by atoms with van der Waals surface area (Å²) in [6.07, 6.45) is 0.579. The number of fused-ring (bicyclic) bond motifs is 1. The average molecular weight is 203 g/mol. The van der Waals surface area contributed by atoms with E-state index in [0.717, 1.165) is 16.7 Å². The minimum Gasteiger partial charge on any atom is -0.466 e. The number of nitrogens with two attached hydrogens (primary N) is 1. The van der Waals surface area contributed by atoms with Crippen LogP contribution in [0.25, 0.3) is 5.70 Å². The summed E-state index contributed by atoms with van der Waals surface area (Å²) in [5.74, 6) is -0.330. The van der Waals surface area contributed by atoms with Crippen molar-refractivity contribution in [1.82, 2.24) is 0 Å². The molecule has 0 unspecified atom stereocenters. The molecule has 1 aromatic carbocycles. The molecule has 3 nitrogen and oxygen atoms in total. The lowest BCUT2D eigenvalue weighted by Crippen LogP contribution is -2.08. The molecule has 0 atom stereocenters. The lowest BCUT2D eigenvalue weighted by molar-refractivity contribution is -0.136. The quantitative estimate of drug-likeness (QED) is 0.702. The monoisotopic (exact) mass is 203 g/mol. The fourth-order valence-corrected chi connectivity index (χ4v) is 2.00. The van der Waals surface area contributed by atoms with E-state index in [-0.39, 0.29) is 5.97 Å². The molecule has 15 heavy (non-hydrogen) atoms. The maximum Gasteiger partial charge on any atom is 0.336 e. The second kappa shape index (κ2) is 3.42. The number of carbonyl (C=O) groups excluding carboxylic acids is 1. The highest BCUT2D eigenvalue weighted by molar-refractivity contribution is 6.00. The summed E-state index contributed by atoms with van der Waals surface area (Å²) in [7, 11) is 1.37. The standard InChI is InChI=1S/C12H13NO2/c1-7-4-3-5-8-6-9(12(14)15-2)11(13)10(7)8/h3-5H,6,13H2,1-2H3. The lowest BCUT2D eigenvalue weighted by atomic mass is 10.0. The van der Waals surface area contributed by atoms with Crippen LogP contribution < -0.4 is 5.73 Å². The number of ether oxygens (including phenoxy) is 1. The van der Waals surface area contributed by atoms with Gasteiger partial charge in [-0.15, -0.1) is 0 Å². The molecule has 0 spiro atoms. The normalized spacial score (nSPS) is 14.0. The number of esters is 1. The Morgan fingerprint density at radius 2 is 2.20 bits per heavy atom. The molecule has 0 aromatic heterocycles. The fourth-order valence-electron chi connectivity index (χ4n) is 2.00. The van der Waals surface area contributed by atoms with Crippen LogP contribution in [0.5, 0.6) is 0 Å². The largest absolute Gasteiger partial charge is 0.466 e. The number of aryl methyl sites for hydroxylation is 1. The van der Waals surface area contributed by atoms with Crippen molar-refractivity contribution in [3.05, 3.63) is 40.5 Å². The SMILES string of the molecule is COC(=O)C1=C(N)c2c(C)cccc2C1. The second-order valence-corrected chi connectivity index (χ2v) is 3.67. The molecule has 0 saturated heterocycles. The molecular weight excluding hydrogens is 190 g/mol. The second-order valence-electron chi connectivity index (χ2n) is 3.67. The summed E-state index contributed by atoms with van der Waals surface area (Å²) in [5.41, 5.74) is 10.3. The first-order valence-electron chi connectivity index (χ1n) is 4.81. The van der Waals surface area contributed by atoms with E-state index in [1.165, 1.54) is 7.11 Å². The van der Waals surface area contributed by atoms with E-state index < -0.39 is 0 Å². The molecule has 1 aliphatic carbocycles. The minimum atomic E-state index is -0.330. The van der Waals surface area contributed by atoms with Gasteiger partial charge in [0.1, 0.15) is 0 Å². The number of rotatable bonds is 1. The highest BCUT2D eigenvalue weighted by Gasteiger charge is 2.25. The van der Waals surface area contributed by atoms with Crippen LogP contribution in [0.15, 0.2) is 23.8 Å². The van der Waals surface area contributed by atoms with Crippen LogP contribution in [0.2, 0.25) is 0 Å². The van der Waals surface area contributed by atoms with Gasteiger partial charge < -0.3 is 10.5 Å². The number of benzene rings is 1. The summed E-state index contributed by atoms with van der Waals surface area (Å²) in [6.45, 7) is 1.99. The van der Waals surface area contributed by atoms with E-state index in [1.807, 2.05) is 25.1 Å². The van der Waals surface area contributed by atoms with Crippen molar-refractivity contribution in [3.8, 4) is 0 Å². The Morgan fingerprint density at radius 3 is 2.80 bits per heavy atom. The first-order valence-corrected chi connectivity index (χ1v) is 4.81. The molecule has 0 aliphatic heterocycles. The summed E-state index contributed by atoms with van der Waals surface area (Å²) in [4.78, 5) is 11.4. The van der Waals surface area contributed by atoms with Gasteiger partial charge in [0.15, 0.2) is 0 Å². The Bertz CT molecular complexity index is 461. The van der Waals surface area contributed by atoms with Crippen LogP contribution in [0.3, 0.4) is 0 Å². The molecule has 0 radical (unpaired) electrons. The maximum absolute atomic E-state index is 11.4. The Balaban J connectivity index is 2.52. The van der Waals surface area contributed by atoms with E-state index in [4.69, 9.17) is 10.5 Å². The number of carbonyl (C=O) groups is 1. The summed E-state index contributed by atoms with van der Waals surface area (Å²) in [6, 6.07) is 5.96. The zero-order valence-corrected chi connectivity index (χ0v) is 8.83. The molecule has 0 saturated carbocycles. The van der Waals surface area contributed by atoms with Crippen LogP contribution in [0.4, 0.5) is 0 Å². The van der Waals surface area contributed by atoms with Crippen molar-refractivity contribution in [2.45, 2.75) is 13.3 Å². The van der Waals surface area contributed by atoms with Crippen LogP contribution in [-0.4, -0.2) is 13.1 Å². The van der Waals surface area contributed by atoms with Gasteiger partial charge in [0, 0.05) is 12.0 Å². The van der Waals surface area contributed by atoms with Gasteiger partial charge in [-0.2, -0.15) is 0 Å². The van der Waals surface area contributed by atoms with Crippen molar-refractivity contribution >= 4 is 11.7 Å². The fraction of sp³-hybridized carbons (Fsp3) is 0.250. The lowest BCUT2D eigenvalue weighted by Gasteiger charge is -2.04. The molecular formula is C12H13NO2. The van der Waals surface area contributed by atoms with Crippen LogP contribution >= 0.6 is 0 Å². The van der Waals surface area contributed by atoms with Crippen molar-refractivity contribution in [2.75, 3.05) is 7.11 Å². The smallest absolute Gasteiger partial charge is 0.336 e. The van der Waals surface area contributed by atoms with E-state index in [9.17, 15) is 4.79 Å². The third-order valence-corrected chi connectivity index (χ3v) is 2.75. The molecule has 78 valence electrons. The van der Waals surface area contributed by atoms with E-state index in [2.05, 4.69) is 0 Å². The van der Waals surface area contributed by atoms with Crippen LogP contribution in [-0.2, 0) is 16.0 Å². The van der Waals surface area contributed by atoms with Crippen molar-refractivity contribution < 1.29 is 9.53 Å². The van der Waals surface area contributed by atoms with Crippen LogP contribution in [0.1, 0.15) is 16.7 Å². The Hall–Kier alpha value is -1.77. The summed E-state index contributed by atoms with van der Waals surface area (Å²) >= 11 is 0. The third-order valence-electron chi connectivity index (χ3n) is 2.75. The molecule has 1 aliphatic rings. The van der Waals surface area contributed by atoms with Crippen molar-refractivity contribution in [3.63, 3.8) is 0 Å². The molecule has 0 amide bonds. The molecule has 1 aromatic rings. The van der Waals surface area contributed by atoms with Gasteiger partial charge in [0.25, 0.3) is 0 Å². The molecule has 3 heteroatoms. The Kier molecular flexibility index (Phi) is 2.23. The van der Waals surface area contributed by atoms with Gasteiger partial charge in [0.05, 0.1) is 18.4 Å². The minimum absolute atomic E-state index is 0.330. The number of hydrogen-bond donors (Lipinski definition) is 1. The molecule has 0 fully saturated rings. The van der Waals surface area contributed by atoms with Crippen molar-refractivity contribution in [2.24, 2.45) is 5.73 Å². The first kappa shape index (κ1) is 9.77. The molecule has 0 heterocycles. The van der Waals surface area contributed by atoms with E-state index in [1.54, 1.807) is 0 Å². The third kappa shape index (κ3) is 1.40. The zero-order valence-electron chi connectivity index (χ0n) is 8.83. The van der Waals surface area contributed by atoms with Gasteiger partial charge in [-0.3, -0.25) is 0 Å².